The summed E-state index contributed by atoms with van der Waals surface area (Å²) < 4.78 is 35.3. The number of aromatic nitrogens is 5. The van der Waals surface area contributed by atoms with Gasteiger partial charge in [0.25, 0.3) is 12.0 Å². The van der Waals surface area contributed by atoms with Crippen LogP contribution in [0, 0.1) is 24.7 Å². The number of methoxy groups -OCH3 is 1. The minimum absolute atomic E-state index is 0.113. The zero-order valence-electron chi connectivity index (χ0n) is 27.4. The number of nitrogens with one attached hydrogen (secondary N) is 1. The molecule has 1 aliphatic heterocycles. The van der Waals surface area contributed by atoms with E-state index in [1.54, 1.807) is 19.2 Å². The number of fused-ring (bicyclic) bond motifs is 2. The van der Waals surface area contributed by atoms with Crippen LogP contribution < -0.4 is 21.3 Å². The Bertz CT molecular complexity index is 2320. The Kier molecular flexibility index (Phi) is 8.39. The molecule has 0 spiro atoms. The van der Waals surface area contributed by atoms with Crippen molar-refractivity contribution < 1.29 is 23.4 Å². The minimum atomic E-state index is -3.05. The maximum Gasteiger partial charge on any atom is 0.332 e. The van der Waals surface area contributed by atoms with Gasteiger partial charge >= 0.3 is 11.7 Å². The van der Waals surface area contributed by atoms with Gasteiger partial charge in [0.1, 0.15) is 11.2 Å². The van der Waals surface area contributed by atoms with Crippen molar-refractivity contribution in [3.63, 3.8) is 0 Å². The lowest BCUT2D eigenvalue weighted by molar-refractivity contribution is -0.139. The molecule has 2 unspecified atom stereocenters. The maximum absolute atomic E-state index is 13.9. The summed E-state index contributed by atoms with van der Waals surface area (Å²) in [6, 6.07) is 14.7. The van der Waals surface area contributed by atoms with Crippen LogP contribution in [0.2, 0.25) is 5.02 Å². The van der Waals surface area contributed by atoms with Crippen LogP contribution in [0.15, 0.2) is 58.1 Å². The first-order valence-electron chi connectivity index (χ1n) is 15.8. The molecular formula is C35H32ClF2N7O5. The Balaban J connectivity index is 1.21. The first kappa shape index (κ1) is 33.3. The summed E-state index contributed by atoms with van der Waals surface area (Å²) in [6.07, 6.45) is -3.05. The zero-order chi connectivity index (χ0) is 35.6. The molecule has 0 amide bonds. The summed E-state index contributed by atoms with van der Waals surface area (Å²) in [5.74, 6) is -1.10. The number of likely N-dealkylation sites (tertiary alicyclic amines) is 1. The lowest BCUT2D eigenvalue weighted by Crippen LogP contribution is -2.38. The number of nitrogens with zero attached hydrogens (tertiary/aromatic N) is 6. The van der Waals surface area contributed by atoms with Gasteiger partial charge in [0.15, 0.2) is 11.5 Å². The molecule has 3 aromatic heterocycles. The van der Waals surface area contributed by atoms with Crippen molar-refractivity contribution >= 4 is 40.1 Å². The molecule has 0 radical (unpaired) electrons. The molecule has 1 aliphatic carbocycles. The molecule has 2 aliphatic rings. The Hall–Kier alpha value is -5.21. The second-order valence-corrected chi connectivity index (χ2v) is 13.0. The third-order valence-corrected chi connectivity index (χ3v) is 10.2. The van der Waals surface area contributed by atoms with Crippen molar-refractivity contribution in [3.05, 3.63) is 91.3 Å². The monoisotopic (exact) mass is 703 g/mol. The second kappa shape index (κ2) is 12.6. The quantitative estimate of drug-likeness (QED) is 0.211. The van der Waals surface area contributed by atoms with E-state index in [-0.39, 0.29) is 34.6 Å². The highest BCUT2D eigenvalue weighted by Crippen LogP contribution is 2.52. The van der Waals surface area contributed by atoms with Crippen LogP contribution in [-0.4, -0.2) is 60.3 Å². The van der Waals surface area contributed by atoms with Crippen molar-refractivity contribution in [2.24, 2.45) is 31.8 Å². The van der Waals surface area contributed by atoms with Crippen LogP contribution in [0.1, 0.15) is 23.4 Å². The number of pyridine rings is 1. The van der Waals surface area contributed by atoms with Gasteiger partial charge in [-0.2, -0.15) is 0 Å². The van der Waals surface area contributed by atoms with Crippen LogP contribution in [-0.2, 0) is 25.4 Å². The number of carboxylic acids is 1. The summed E-state index contributed by atoms with van der Waals surface area (Å²) in [5.41, 5.74) is 3.05. The van der Waals surface area contributed by atoms with Gasteiger partial charge in [-0.15, -0.1) is 0 Å². The zero-order valence-corrected chi connectivity index (χ0v) is 28.2. The van der Waals surface area contributed by atoms with Crippen LogP contribution in [0.4, 0.5) is 20.3 Å². The lowest BCUT2D eigenvalue weighted by Gasteiger charge is -2.20. The Labute approximate surface area is 289 Å². The molecule has 15 heteroatoms. The average Bonchev–Trinajstić information content (AvgIpc) is 3.62. The first-order chi connectivity index (χ1) is 23.9. The molecule has 0 bridgehead atoms. The second-order valence-electron chi connectivity index (χ2n) is 12.7. The standard InChI is InChI=1S/C35H32ClF2N7O5/c1-16-18(7-6-10-23(16)39-29-26-31(42-30(41-29)28(37)38)43(2)35(49)44(3)33(26)46)19-8-5-9-20(27(19)36)24-12-11-17(32(40-24)50-4)13-45-14-21-22(15-45)25(21)34(47)48/h5-12,21-22,25,28H,13-15H2,1-4H3,(H,47,48)(H,39,41,42). The van der Waals surface area contributed by atoms with E-state index in [4.69, 9.17) is 21.3 Å². The molecule has 12 nitrogen and oxygen atoms in total. The highest BCUT2D eigenvalue weighted by Gasteiger charge is 2.59. The van der Waals surface area contributed by atoms with Crippen molar-refractivity contribution in [1.29, 1.82) is 0 Å². The fourth-order valence-corrected chi connectivity index (χ4v) is 7.38. The van der Waals surface area contributed by atoms with E-state index in [0.29, 0.717) is 45.5 Å². The van der Waals surface area contributed by atoms with Gasteiger partial charge in [-0.05, 0) is 42.0 Å². The van der Waals surface area contributed by atoms with Crippen molar-refractivity contribution in [1.82, 2.24) is 29.0 Å². The number of ether oxygens (including phenoxy) is 1. The predicted molar refractivity (Wildman–Crippen MR) is 183 cm³/mol. The molecule has 2 atom stereocenters. The number of rotatable bonds is 9. The van der Waals surface area contributed by atoms with Gasteiger partial charge in [-0.25, -0.2) is 28.5 Å². The average molecular weight is 704 g/mol. The van der Waals surface area contributed by atoms with Crippen LogP contribution in [0.25, 0.3) is 33.4 Å². The molecule has 1 saturated heterocycles. The number of alkyl halides is 2. The molecule has 2 aromatic carbocycles. The number of piperidine rings is 1. The van der Waals surface area contributed by atoms with Crippen molar-refractivity contribution in [2.75, 3.05) is 25.5 Å². The number of benzene rings is 2. The third kappa shape index (κ3) is 5.57. The molecule has 1 saturated carbocycles. The van der Waals surface area contributed by atoms with E-state index in [1.807, 2.05) is 43.3 Å². The number of carboxylic acid groups (broad SMARTS) is 1. The smallest absolute Gasteiger partial charge is 0.332 e. The minimum Gasteiger partial charge on any atom is -0.481 e. The molecule has 2 fully saturated rings. The lowest BCUT2D eigenvalue weighted by atomic mass is 9.96. The molecule has 7 rings (SSSR count). The third-order valence-electron chi connectivity index (χ3n) is 9.75. The summed E-state index contributed by atoms with van der Waals surface area (Å²) in [7, 11) is 4.20. The Morgan fingerprint density at radius 3 is 2.36 bits per heavy atom. The predicted octanol–water partition coefficient (Wildman–Crippen LogP) is 5.17. The molecule has 2 N–H and O–H groups in total. The van der Waals surface area contributed by atoms with Crippen molar-refractivity contribution in [3.8, 4) is 28.3 Å². The van der Waals surface area contributed by atoms with Gasteiger partial charge < -0.3 is 15.2 Å². The molecule has 4 heterocycles. The summed E-state index contributed by atoms with van der Waals surface area (Å²) in [4.78, 5) is 51.9. The van der Waals surface area contributed by atoms with E-state index in [2.05, 4.69) is 20.2 Å². The van der Waals surface area contributed by atoms with Gasteiger partial charge in [0.05, 0.1) is 23.7 Å². The molecule has 258 valence electrons. The van der Waals surface area contributed by atoms with Crippen LogP contribution in [0.5, 0.6) is 5.88 Å². The van der Waals surface area contributed by atoms with E-state index in [1.165, 1.54) is 14.1 Å². The molecule has 50 heavy (non-hydrogen) atoms. The largest absolute Gasteiger partial charge is 0.481 e. The highest BCUT2D eigenvalue weighted by molar-refractivity contribution is 6.36. The molecular weight excluding hydrogens is 672 g/mol. The maximum atomic E-state index is 13.9. The van der Waals surface area contributed by atoms with Crippen molar-refractivity contribution in [2.45, 2.75) is 19.9 Å². The number of carbonyl (C=O) groups is 1. The van der Waals surface area contributed by atoms with E-state index < -0.39 is 29.5 Å². The molecule has 5 aromatic rings. The van der Waals surface area contributed by atoms with Crippen LogP contribution >= 0.6 is 11.6 Å². The number of hydrogen-bond donors (Lipinski definition) is 2. The number of aliphatic carboxylic acids is 1. The van der Waals surface area contributed by atoms with Crippen LogP contribution in [0.3, 0.4) is 0 Å². The topological polar surface area (TPSA) is 144 Å². The van der Waals surface area contributed by atoms with E-state index in [9.17, 15) is 28.3 Å². The first-order valence-corrected chi connectivity index (χ1v) is 16.2. The Morgan fingerprint density at radius 2 is 1.68 bits per heavy atom. The SMILES string of the molecule is COc1nc(-c2cccc(-c3cccc(Nc4nc(C(F)F)nc5c4c(=O)n(C)c(=O)n5C)c3C)c2Cl)ccc1CN1CC2C(C1)C2C(=O)O. The summed E-state index contributed by atoms with van der Waals surface area (Å²) >= 11 is 7.06. The fourth-order valence-electron chi connectivity index (χ4n) is 7.06. The van der Waals surface area contributed by atoms with Gasteiger partial charge in [0, 0.05) is 56.1 Å². The Morgan fingerprint density at radius 1 is 1.00 bits per heavy atom. The number of anilines is 2. The van der Waals surface area contributed by atoms with E-state index in [0.717, 1.165) is 33.4 Å². The summed E-state index contributed by atoms with van der Waals surface area (Å²) in [6.45, 7) is 3.87. The summed E-state index contributed by atoms with van der Waals surface area (Å²) in [5, 5.41) is 12.7. The highest BCUT2D eigenvalue weighted by atomic mass is 35.5. The normalized spacial score (nSPS) is 18.4. The van der Waals surface area contributed by atoms with Gasteiger partial charge in [0.2, 0.25) is 5.88 Å². The van der Waals surface area contributed by atoms with Gasteiger partial charge in [-0.3, -0.25) is 23.6 Å². The fraction of sp³-hybridized carbons (Fsp3) is 0.314. The van der Waals surface area contributed by atoms with E-state index >= 15 is 0 Å². The number of halogens is 3. The number of hydrogen-bond acceptors (Lipinski definition) is 9. The number of aryl methyl sites for hydroxylation is 1. The van der Waals surface area contributed by atoms with Gasteiger partial charge in [-0.1, -0.05) is 48.0 Å².